The van der Waals surface area contributed by atoms with Crippen LogP contribution in [0.25, 0.3) is 0 Å². The van der Waals surface area contributed by atoms with Crippen molar-refractivity contribution in [3.63, 3.8) is 0 Å². The number of carbonyl (C=O) groups excluding carboxylic acids is 1. The molecule has 1 amide bonds. The van der Waals surface area contributed by atoms with Gasteiger partial charge in [0.25, 0.3) is 5.91 Å². The van der Waals surface area contributed by atoms with Crippen molar-refractivity contribution >= 4 is 15.7 Å². The van der Waals surface area contributed by atoms with Gasteiger partial charge < -0.3 is 13.9 Å². The second-order valence-corrected chi connectivity index (χ2v) is 8.31. The standard InChI is InChI=1S/C16H21N3O4S/c1-11-10-14(12(2)23-11)15(20)19-7-4-13(5-8-19)24(21,22)16-17-6-9-18(16)3/h6,9-10,13H,4-5,7-8H2,1-3H3. The quantitative estimate of drug-likeness (QED) is 0.840. The number of amides is 1. The molecule has 0 saturated carbocycles. The number of carbonyl (C=O) groups is 1. The van der Waals surface area contributed by atoms with Crippen molar-refractivity contribution in [2.24, 2.45) is 7.05 Å². The summed E-state index contributed by atoms with van der Waals surface area (Å²) < 4.78 is 32.3. The monoisotopic (exact) mass is 351 g/mol. The first kappa shape index (κ1) is 16.8. The third kappa shape index (κ3) is 2.86. The predicted molar refractivity (Wildman–Crippen MR) is 87.5 cm³/mol. The minimum Gasteiger partial charge on any atom is -0.466 e. The Morgan fingerprint density at radius 3 is 2.46 bits per heavy atom. The molecule has 0 radical (unpaired) electrons. The highest BCUT2D eigenvalue weighted by atomic mass is 32.2. The molecule has 1 aliphatic rings. The lowest BCUT2D eigenvalue weighted by Crippen LogP contribution is -2.43. The fraction of sp³-hybridized carbons (Fsp3) is 0.500. The predicted octanol–water partition coefficient (Wildman–Crippen LogP) is 1.71. The Morgan fingerprint density at radius 1 is 1.29 bits per heavy atom. The third-order valence-corrected chi connectivity index (χ3v) is 6.72. The van der Waals surface area contributed by atoms with Crippen LogP contribution in [-0.2, 0) is 16.9 Å². The van der Waals surface area contributed by atoms with Gasteiger partial charge in [-0.05, 0) is 32.8 Å². The van der Waals surface area contributed by atoms with Gasteiger partial charge in [-0.2, -0.15) is 0 Å². The number of imidazole rings is 1. The van der Waals surface area contributed by atoms with Crippen LogP contribution < -0.4 is 0 Å². The minimum atomic E-state index is -3.47. The molecule has 1 aliphatic heterocycles. The van der Waals surface area contributed by atoms with E-state index in [0.717, 1.165) is 0 Å². The molecule has 2 aromatic heterocycles. The molecule has 0 N–H and O–H groups in total. The molecule has 7 nitrogen and oxygen atoms in total. The van der Waals surface area contributed by atoms with Crippen LogP contribution in [0.2, 0.25) is 0 Å². The molecule has 0 aliphatic carbocycles. The Kier molecular flexibility index (Phi) is 4.25. The van der Waals surface area contributed by atoms with Gasteiger partial charge in [0.1, 0.15) is 11.5 Å². The minimum absolute atomic E-state index is 0.0913. The topological polar surface area (TPSA) is 85.4 Å². The molecule has 0 unspecified atom stereocenters. The molecular formula is C16H21N3O4S. The lowest BCUT2D eigenvalue weighted by atomic mass is 10.1. The molecule has 3 rings (SSSR count). The van der Waals surface area contributed by atoms with E-state index < -0.39 is 15.1 Å². The van der Waals surface area contributed by atoms with Crippen LogP contribution in [0.3, 0.4) is 0 Å². The molecule has 130 valence electrons. The lowest BCUT2D eigenvalue weighted by Gasteiger charge is -2.31. The van der Waals surface area contributed by atoms with E-state index in [0.29, 0.717) is 43.0 Å². The highest BCUT2D eigenvalue weighted by Crippen LogP contribution is 2.25. The molecule has 0 atom stereocenters. The highest BCUT2D eigenvalue weighted by Gasteiger charge is 2.35. The molecule has 24 heavy (non-hydrogen) atoms. The van der Waals surface area contributed by atoms with Gasteiger partial charge in [-0.15, -0.1) is 0 Å². The lowest BCUT2D eigenvalue weighted by molar-refractivity contribution is 0.0724. The van der Waals surface area contributed by atoms with Crippen molar-refractivity contribution < 1.29 is 17.6 Å². The second kappa shape index (κ2) is 6.08. The summed E-state index contributed by atoms with van der Waals surface area (Å²) in [6, 6.07) is 1.73. The van der Waals surface area contributed by atoms with Crippen LogP contribution in [0.1, 0.15) is 34.7 Å². The zero-order valence-electron chi connectivity index (χ0n) is 14.0. The zero-order chi connectivity index (χ0) is 17.5. The summed E-state index contributed by atoms with van der Waals surface area (Å²) in [7, 11) is -1.80. The first-order valence-electron chi connectivity index (χ1n) is 7.88. The SMILES string of the molecule is Cc1cc(C(=O)N2CCC(S(=O)(=O)c3nccn3C)CC2)c(C)o1. The molecular weight excluding hydrogens is 330 g/mol. The Balaban J connectivity index is 1.71. The molecule has 8 heteroatoms. The number of likely N-dealkylation sites (tertiary alicyclic amines) is 1. The van der Waals surface area contributed by atoms with E-state index in [1.165, 1.54) is 10.8 Å². The Labute approximate surface area is 141 Å². The summed E-state index contributed by atoms with van der Waals surface area (Å²) in [4.78, 5) is 18.2. The van der Waals surface area contributed by atoms with E-state index >= 15 is 0 Å². The van der Waals surface area contributed by atoms with Crippen LogP contribution in [0, 0.1) is 13.8 Å². The maximum Gasteiger partial charge on any atom is 0.257 e. The summed E-state index contributed by atoms with van der Waals surface area (Å²) >= 11 is 0. The van der Waals surface area contributed by atoms with E-state index in [9.17, 15) is 13.2 Å². The number of aryl methyl sites for hydroxylation is 3. The first-order chi connectivity index (χ1) is 11.3. The van der Waals surface area contributed by atoms with Crippen LogP contribution in [0.4, 0.5) is 0 Å². The number of aromatic nitrogens is 2. The normalized spacial score (nSPS) is 16.5. The van der Waals surface area contributed by atoms with Crippen molar-refractivity contribution in [2.45, 2.75) is 37.1 Å². The molecule has 1 saturated heterocycles. The fourth-order valence-corrected chi connectivity index (χ4v) is 4.96. The van der Waals surface area contributed by atoms with Gasteiger partial charge in [-0.3, -0.25) is 4.79 Å². The summed E-state index contributed by atoms with van der Waals surface area (Å²) in [6.45, 7) is 4.39. The largest absolute Gasteiger partial charge is 0.466 e. The van der Waals surface area contributed by atoms with Crippen LogP contribution in [0.15, 0.2) is 28.0 Å². The Morgan fingerprint density at radius 2 is 1.96 bits per heavy atom. The van der Waals surface area contributed by atoms with E-state index in [2.05, 4.69) is 4.98 Å². The van der Waals surface area contributed by atoms with Gasteiger partial charge in [-0.25, -0.2) is 13.4 Å². The Hall–Kier alpha value is -2.09. The van der Waals surface area contributed by atoms with Gasteiger partial charge in [0, 0.05) is 32.5 Å². The summed E-state index contributed by atoms with van der Waals surface area (Å²) in [5.74, 6) is 1.19. The molecule has 2 aromatic rings. The van der Waals surface area contributed by atoms with Crippen molar-refractivity contribution in [1.29, 1.82) is 0 Å². The van der Waals surface area contributed by atoms with Crippen LogP contribution in [-0.4, -0.2) is 47.1 Å². The van der Waals surface area contributed by atoms with Crippen molar-refractivity contribution in [1.82, 2.24) is 14.5 Å². The van der Waals surface area contributed by atoms with E-state index in [1.807, 2.05) is 0 Å². The number of furan rings is 1. The molecule has 0 aromatic carbocycles. The molecule has 0 bridgehead atoms. The van der Waals surface area contributed by atoms with Crippen LogP contribution >= 0.6 is 0 Å². The van der Waals surface area contributed by atoms with Gasteiger partial charge in [0.15, 0.2) is 0 Å². The second-order valence-electron chi connectivity index (χ2n) is 6.18. The number of piperidine rings is 1. The van der Waals surface area contributed by atoms with Crippen molar-refractivity contribution in [3.05, 3.63) is 35.5 Å². The van der Waals surface area contributed by atoms with Crippen LogP contribution in [0.5, 0.6) is 0 Å². The molecule has 3 heterocycles. The maximum atomic E-state index is 12.7. The van der Waals surface area contributed by atoms with Gasteiger partial charge in [-0.1, -0.05) is 0 Å². The number of hydrogen-bond donors (Lipinski definition) is 0. The van der Waals surface area contributed by atoms with Crippen molar-refractivity contribution in [3.8, 4) is 0 Å². The number of hydrogen-bond acceptors (Lipinski definition) is 5. The zero-order valence-corrected chi connectivity index (χ0v) is 14.8. The van der Waals surface area contributed by atoms with Gasteiger partial charge >= 0.3 is 0 Å². The highest BCUT2D eigenvalue weighted by molar-refractivity contribution is 7.91. The smallest absolute Gasteiger partial charge is 0.257 e. The summed E-state index contributed by atoms with van der Waals surface area (Å²) in [6.07, 6.45) is 3.93. The Bertz CT molecular complexity index is 858. The number of rotatable bonds is 3. The summed E-state index contributed by atoms with van der Waals surface area (Å²) in [5.41, 5.74) is 0.554. The number of sulfone groups is 1. The van der Waals surface area contributed by atoms with Gasteiger partial charge in [0.2, 0.25) is 15.0 Å². The van der Waals surface area contributed by atoms with E-state index in [1.54, 1.807) is 38.1 Å². The van der Waals surface area contributed by atoms with Gasteiger partial charge in [0.05, 0.1) is 10.8 Å². The van der Waals surface area contributed by atoms with E-state index in [4.69, 9.17) is 4.42 Å². The average Bonchev–Trinajstić information content (AvgIpc) is 3.12. The van der Waals surface area contributed by atoms with Crippen molar-refractivity contribution in [2.75, 3.05) is 13.1 Å². The van der Waals surface area contributed by atoms with E-state index in [-0.39, 0.29) is 11.1 Å². The fourth-order valence-electron chi connectivity index (χ4n) is 3.16. The maximum absolute atomic E-state index is 12.7. The summed E-state index contributed by atoms with van der Waals surface area (Å²) in [5, 5.41) is -0.414. The number of nitrogens with zero attached hydrogens (tertiary/aromatic N) is 3. The third-order valence-electron chi connectivity index (χ3n) is 4.47. The average molecular weight is 351 g/mol. The molecule has 0 spiro atoms. The first-order valence-corrected chi connectivity index (χ1v) is 9.43. The molecule has 1 fully saturated rings.